The molecule has 0 amide bonds. The van der Waals surface area contributed by atoms with E-state index in [1.54, 1.807) is 0 Å². The number of ether oxygens (including phenoxy) is 2. The molecule has 0 radical (unpaired) electrons. The van der Waals surface area contributed by atoms with E-state index in [0.29, 0.717) is 11.8 Å². The third-order valence-corrected chi connectivity index (χ3v) is 5.06. The van der Waals surface area contributed by atoms with Crippen molar-refractivity contribution in [3.8, 4) is 0 Å². The summed E-state index contributed by atoms with van der Waals surface area (Å²) >= 11 is 5.25. The van der Waals surface area contributed by atoms with Crippen molar-refractivity contribution in [2.24, 2.45) is 0 Å². The lowest BCUT2D eigenvalue weighted by Gasteiger charge is -2.26. The van der Waals surface area contributed by atoms with Gasteiger partial charge in [-0.05, 0) is 84.6 Å². The van der Waals surface area contributed by atoms with Crippen LogP contribution in [0, 0.1) is 0 Å². The van der Waals surface area contributed by atoms with E-state index < -0.39 is 0 Å². The average Bonchev–Trinajstić information content (AvgIpc) is 2.66. The fraction of sp³-hybridized carbons (Fsp3) is 0.696. The van der Waals surface area contributed by atoms with Gasteiger partial charge in [0.2, 0.25) is 0 Å². The number of nitrogens with one attached hydrogen (secondary N) is 1. The molecule has 1 heterocycles. The Bertz CT molecular complexity index is 531. The standard InChI is InChI=1S/C23H40N2O2S/c1-20(2)8-5-9-21(3)10-6-11-22(4)12-17-27-23(28)24-13-7-14-25-15-18-26-19-16-25/h8,10,12H,5-7,9,11,13-19H2,1-4H3,(H,24,28). The number of hydrogen-bond donors (Lipinski definition) is 1. The number of morpholine rings is 1. The zero-order chi connectivity index (χ0) is 20.6. The Labute approximate surface area is 178 Å². The Hall–Kier alpha value is -1.17. The quantitative estimate of drug-likeness (QED) is 0.279. The summed E-state index contributed by atoms with van der Waals surface area (Å²) in [5, 5.41) is 3.69. The van der Waals surface area contributed by atoms with Crippen LogP contribution in [0.4, 0.5) is 0 Å². The van der Waals surface area contributed by atoms with Crippen molar-refractivity contribution in [2.45, 2.75) is 59.8 Å². The molecule has 0 aromatic heterocycles. The molecule has 5 heteroatoms. The molecule has 1 fully saturated rings. The van der Waals surface area contributed by atoms with Crippen molar-refractivity contribution in [3.63, 3.8) is 0 Å². The molecule has 0 bridgehead atoms. The lowest BCUT2D eigenvalue weighted by molar-refractivity contribution is 0.0375. The number of thiocarbonyl (C=S) groups is 1. The normalized spacial score (nSPS) is 16.0. The third-order valence-electron chi connectivity index (χ3n) is 4.79. The maximum Gasteiger partial charge on any atom is 0.256 e. The van der Waals surface area contributed by atoms with Crippen LogP contribution in [0.25, 0.3) is 0 Å². The first-order chi connectivity index (χ1) is 13.5. The molecule has 0 aromatic carbocycles. The van der Waals surface area contributed by atoms with Gasteiger partial charge in [0.15, 0.2) is 0 Å². The predicted molar refractivity (Wildman–Crippen MR) is 124 cm³/mol. The van der Waals surface area contributed by atoms with Gasteiger partial charge in [-0.2, -0.15) is 0 Å². The minimum atomic E-state index is 0.501. The Morgan fingerprint density at radius 1 is 1.00 bits per heavy atom. The van der Waals surface area contributed by atoms with Gasteiger partial charge in [-0.1, -0.05) is 28.9 Å². The van der Waals surface area contributed by atoms with Crippen LogP contribution in [0.5, 0.6) is 0 Å². The van der Waals surface area contributed by atoms with E-state index in [1.165, 1.54) is 16.7 Å². The highest BCUT2D eigenvalue weighted by atomic mass is 32.1. The number of rotatable bonds is 12. The van der Waals surface area contributed by atoms with Crippen molar-refractivity contribution in [1.29, 1.82) is 0 Å². The highest BCUT2D eigenvalue weighted by Crippen LogP contribution is 2.11. The Balaban J connectivity index is 2.06. The highest BCUT2D eigenvalue weighted by Gasteiger charge is 2.09. The molecule has 0 aliphatic carbocycles. The summed E-state index contributed by atoms with van der Waals surface area (Å²) in [5.41, 5.74) is 4.23. The van der Waals surface area contributed by atoms with Gasteiger partial charge in [-0.3, -0.25) is 4.90 Å². The first-order valence-corrected chi connectivity index (χ1v) is 11.0. The molecular formula is C23H40N2O2S. The number of allylic oxidation sites excluding steroid dienone is 5. The van der Waals surface area contributed by atoms with Crippen LogP contribution in [0.15, 0.2) is 34.9 Å². The molecule has 28 heavy (non-hydrogen) atoms. The van der Waals surface area contributed by atoms with E-state index in [4.69, 9.17) is 21.7 Å². The van der Waals surface area contributed by atoms with Crippen LogP contribution in [-0.4, -0.2) is 56.1 Å². The van der Waals surface area contributed by atoms with E-state index in [0.717, 1.165) is 71.5 Å². The first-order valence-electron chi connectivity index (χ1n) is 10.6. The topological polar surface area (TPSA) is 33.7 Å². The average molecular weight is 409 g/mol. The fourth-order valence-corrected chi connectivity index (χ4v) is 3.14. The fourth-order valence-electron chi connectivity index (χ4n) is 2.97. The van der Waals surface area contributed by atoms with Gasteiger partial charge in [0.1, 0.15) is 6.61 Å². The SMILES string of the molecule is CC(C)=CCCC(C)=CCCC(C)=CCOC(=S)NCCCN1CCOCC1. The molecule has 1 aliphatic heterocycles. The van der Waals surface area contributed by atoms with Crippen LogP contribution in [0.3, 0.4) is 0 Å². The number of nitrogens with zero attached hydrogens (tertiary/aromatic N) is 1. The Morgan fingerprint density at radius 2 is 1.64 bits per heavy atom. The largest absolute Gasteiger partial charge is 0.467 e. The van der Waals surface area contributed by atoms with Crippen LogP contribution in [0.1, 0.15) is 59.8 Å². The van der Waals surface area contributed by atoms with Crippen molar-refractivity contribution in [1.82, 2.24) is 10.2 Å². The first kappa shape index (κ1) is 24.9. The van der Waals surface area contributed by atoms with Gasteiger partial charge >= 0.3 is 0 Å². The summed E-state index contributed by atoms with van der Waals surface area (Å²) in [6.45, 7) is 15.0. The van der Waals surface area contributed by atoms with Gasteiger partial charge in [0, 0.05) is 19.6 Å². The van der Waals surface area contributed by atoms with E-state index in [1.807, 2.05) is 0 Å². The summed E-state index contributed by atoms with van der Waals surface area (Å²) in [6, 6.07) is 0. The molecule has 1 rings (SSSR count). The molecular weight excluding hydrogens is 368 g/mol. The third kappa shape index (κ3) is 13.9. The molecule has 0 unspecified atom stereocenters. The minimum Gasteiger partial charge on any atom is -0.467 e. The van der Waals surface area contributed by atoms with Gasteiger partial charge in [-0.15, -0.1) is 0 Å². The van der Waals surface area contributed by atoms with Crippen molar-refractivity contribution in [3.05, 3.63) is 34.9 Å². The van der Waals surface area contributed by atoms with Crippen molar-refractivity contribution >= 4 is 17.4 Å². The monoisotopic (exact) mass is 408 g/mol. The molecule has 1 N–H and O–H groups in total. The van der Waals surface area contributed by atoms with Gasteiger partial charge in [0.25, 0.3) is 5.17 Å². The molecule has 0 atom stereocenters. The summed E-state index contributed by atoms with van der Waals surface area (Å²) in [4.78, 5) is 2.43. The van der Waals surface area contributed by atoms with Crippen LogP contribution in [0.2, 0.25) is 0 Å². The maximum atomic E-state index is 5.60. The molecule has 1 aliphatic rings. The zero-order valence-electron chi connectivity index (χ0n) is 18.4. The molecule has 0 spiro atoms. The minimum absolute atomic E-state index is 0.501. The molecule has 1 saturated heterocycles. The lowest BCUT2D eigenvalue weighted by atomic mass is 10.1. The summed E-state index contributed by atoms with van der Waals surface area (Å²) in [6.07, 6.45) is 12.3. The Morgan fingerprint density at radius 3 is 2.32 bits per heavy atom. The van der Waals surface area contributed by atoms with Crippen LogP contribution < -0.4 is 5.32 Å². The lowest BCUT2D eigenvalue weighted by Crippen LogP contribution is -2.38. The predicted octanol–water partition coefficient (Wildman–Crippen LogP) is 5.02. The molecule has 0 aromatic rings. The van der Waals surface area contributed by atoms with Gasteiger partial charge in [0.05, 0.1) is 13.2 Å². The second-order valence-corrected chi connectivity index (χ2v) is 8.16. The summed E-state index contributed by atoms with van der Waals surface area (Å²) < 4.78 is 11.0. The zero-order valence-corrected chi connectivity index (χ0v) is 19.2. The Kier molecular flexibility index (Phi) is 14.0. The smallest absolute Gasteiger partial charge is 0.256 e. The van der Waals surface area contributed by atoms with E-state index in [-0.39, 0.29) is 0 Å². The molecule has 0 saturated carbocycles. The number of hydrogen-bond acceptors (Lipinski definition) is 4. The highest BCUT2D eigenvalue weighted by molar-refractivity contribution is 7.80. The summed E-state index contributed by atoms with van der Waals surface area (Å²) in [5.74, 6) is 0. The second kappa shape index (κ2) is 15.7. The van der Waals surface area contributed by atoms with Gasteiger partial charge < -0.3 is 14.8 Å². The van der Waals surface area contributed by atoms with Crippen molar-refractivity contribution < 1.29 is 9.47 Å². The van der Waals surface area contributed by atoms with Gasteiger partial charge in [-0.25, -0.2) is 0 Å². The maximum absolute atomic E-state index is 5.60. The summed E-state index contributed by atoms with van der Waals surface area (Å²) in [7, 11) is 0. The van der Waals surface area contributed by atoms with E-state index in [9.17, 15) is 0 Å². The van der Waals surface area contributed by atoms with E-state index >= 15 is 0 Å². The van der Waals surface area contributed by atoms with Crippen LogP contribution in [-0.2, 0) is 9.47 Å². The van der Waals surface area contributed by atoms with Crippen LogP contribution >= 0.6 is 12.2 Å². The van der Waals surface area contributed by atoms with E-state index in [2.05, 4.69) is 56.1 Å². The second-order valence-electron chi connectivity index (χ2n) is 7.79. The van der Waals surface area contributed by atoms with Crippen molar-refractivity contribution in [2.75, 3.05) is 46.0 Å². The molecule has 160 valence electrons. The molecule has 4 nitrogen and oxygen atoms in total.